The van der Waals surface area contributed by atoms with Crippen molar-refractivity contribution in [1.29, 1.82) is 0 Å². The number of aliphatic hydroxyl groups is 1. The van der Waals surface area contributed by atoms with Crippen LogP contribution in [0.5, 0.6) is 11.5 Å². The third-order valence-electron chi connectivity index (χ3n) is 3.69. The second-order valence-corrected chi connectivity index (χ2v) is 5.65. The van der Waals surface area contributed by atoms with Gasteiger partial charge in [0.2, 0.25) is 0 Å². The Morgan fingerprint density at radius 1 is 1.26 bits per heavy atom. The van der Waals surface area contributed by atoms with Gasteiger partial charge in [0.1, 0.15) is 0 Å². The van der Waals surface area contributed by atoms with E-state index in [0.29, 0.717) is 30.5 Å². The Balaban J connectivity index is 1.75. The van der Waals surface area contributed by atoms with Crippen LogP contribution in [0.2, 0.25) is 5.02 Å². The topological polar surface area (TPSA) is 50.7 Å². The molecule has 0 bridgehead atoms. The fourth-order valence-electron chi connectivity index (χ4n) is 2.22. The van der Waals surface area contributed by atoms with Gasteiger partial charge >= 0.3 is 0 Å². The minimum absolute atomic E-state index is 0.0728. The second-order valence-electron chi connectivity index (χ2n) is 5.25. The summed E-state index contributed by atoms with van der Waals surface area (Å²) < 4.78 is 11.3. The van der Waals surface area contributed by atoms with Crippen molar-refractivity contribution in [2.75, 3.05) is 19.8 Å². The van der Waals surface area contributed by atoms with E-state index in [1.54, 1.807) is 0 Å². The Hall–Kier alpha value is -0.970. The van der Waals surface area contributed by atoms with E-state index in [1.807, 2.05) is 12.1 Å². The maximum Gasteiger partial charge on any atom is 0.179 e. The SMILES string of the molecule is OCC1(NCc2cc(Cl)c3c(c2)OCCCO3)CC1. The van der Waals surface area contributed by atoms with Gasteiger partial charge in [0, 0.05) is 18.5 Å². The molecule has 1 heterocycles. The van der Waals surface area contributed by atoms with E-state index < -0.39 is 0 Å². The summed E-state index contributed by atoms with van der Waals surface area (Å²) in [5.41, 5.74) is 0.977. The predicted molar refractivity (Wildman–Crippen MR) is 72.9 cm³/mol. The minimum atomic E-state index is -0.0728. The van der Waals surface area contributed by atoms with Gasteiger partial charge in [-0.1, -0.05) is 11.6 Å². The highest BCUT2D eigenvalue weighted by molar-refractivity contribution is 6.32. The Morgan fingerprint density at radius 3 is 2.79 bits per heavy atom. The van der Waals surface area contributed by atoms with Gasteiger partial charge in [-0.3, -0.25) is 0 Å². The van der Waals surface area contributed by atoms with Gasteiger partial charge in [0.05, 0.1) is 24.8 Å². The molecule has 5 heteroatoms. The van der Waals surface area contributed by atoms with Crippen molar-refractivity contribution in [3.05, 3.63) is 22.7 Å². The number of rotatable bonds is 4. The van der Waals surface area contributed by atoms with E-state index in [4.69, 9.17) is 21.1 Å². The lowest BCUT2D eigenvalue weighted by atomic mass is 10.1. The standard InChI is InChI=1S/C14H18ClNO3/c15-11-6-10(8-16-14(9-17)2-3-14)7-12-13(11)19-5-1-4-18-12/h6-7,16-17H,1-5,8-9H2. The molecule has 1 saturated carbocycles. The Morgan fingerprint density at radius 2 is 2.05 bits per heavy atom. The molecule has 104 valence electrons. The second kappa shape index (κ2) is 5.19. The molecule has 19 heavy (non-hydrogen) atoms. The Kier molecular flexibility index (Phi) is 3.56. The van der Waals surface area contributed by atoms with Crippen LogP contribution in [0.1, 0.15) is 24.8 Å². The molecule has 4 nitrogen and oxygen atoms in total. The first-order chi connectivity index (χ1) is 9.22. The molecule has 1 aliphatic heterocycles. The van der Waals surface area contributed by atoms with Gasteiger partial charge in [0.25, 0.3) is 0 Å². The molecule has 1 aromatic carbocycles. The van der Waals surface area contributed by atoms with Gasteiger partial charge < -0.3 is 19.9 Å². The van der Waals surface area contributed by atoms with Crippen LogP contribution >= 0.6 is 11.6 Å². The quantitative estimate of drug-likeness (QED) is 0.889. The highest BCUT2D eigenvalue weighted by Gasteiger charge is 2.41. The Bertz CT molecular complexity index is 474. The summed E-state index contributed by atoms with van der Waals surface area (Å²) >= 11 is 6.24. The summed E-state index contributed by atoms with van der Waals surface area (Å²) in [6, 6.07) is 3.86. The van der Waals surface area contributed by atoms with Crippen LogP contribution in [0.15, 0.2) is 12.1 Å². The molecule has 0 aromatic heterocycles. The number of aliphatic hydroxyl groups excluding tert-OH is 1. The molecule has 0 amide bonds. The summed E-state index contributed by atoms with van der Waals surface area (Å²) in [5.74, 6) is 1.36. The minimum Gasteiger partial charge on any atom is -0.489 e. The normalized spacial score (nSPS) is 19.9. The van der Waals surface area contributed by atoms with E-state index in [9.17, 15) is 5.11 Å². The van der Waals surface area contributed by atoms with Crippen molar-refractivity contribution in [1.82, 2.24) is 5.32 Å². The van der Waals surface area contributed by atoms with Crippen LogP contribution in [0.4, 0.5) is 0 Å². The third kappa shape index (κ3) is 2.81. The molecule has 0 unspecified atom stereocenters. The number of benzene rings is 1. The van der Waals surface area contributed by atoms with Crippen molar-refractivity contribution in [3.63, 3.8) is 0 Å². The van der Waals surface area contributed by atoms with E-state index in [2.05, 4.69) is 5.32 Å². The lowest BCUT2D eigenvalue weighted by Gasteiger charge is -2.16. The van der Waals surface area contributed by atoms with E-state index in [0.717, 1.165) is 30.6 Å². The smallest absolute Gasteiger partial charge is 0.179 e. The van der Waals surface area contributed by atoms with Crippen molar-refractivity contribution in [3.8, 4) is 11.5 Å². The summed E-state index contributed by atoms with van der Waals surface area (Å²) in [7, 11) is 0. The molecule has 0 radical (unpaired) electrons. The first-order valence-electron chi connectivity index (χ1n) is 6.66. The number of hydrogen-bond acceptors (Lipinski definition) is 4. The zero-order valence-corrected chi connectivity index (χ0v) is 11.5. The maximum atomic E-state index is 9.29. The number of ether oxygens (including phenoxy) is 2. The summed E-state index contributed by atoms with van der Waals surface area (Å²) in [5, 5.41) is 13.3. The zero-order valence-electron chi connectivity index (χ0n) is 10.7. The van der Waals surface area contributed by atoms with Gasteiger partial charge in [-0.15, -0.1) is 0 Å². The summed E-state index contributed by atoms with van der Waals surface area (Å²) in [6.07, 6.45) is 2.93. The van der Waals surface area contributed by atoms with E-state index in [1.165, 1.54) is 0 Å². The molecule has 2 N–H and O–H groups in total. The first-order valence-corrected chi connectivity index (χ1v) is 7.04. The van der Waals surface area contributed by atoms with Gasteiger partial charge in [-0.05, 0) is 30.5 Å². The maximum absolute atomic E-state index is 9.29. The monoisotopic (exact) mass is 283 g/mol. The van der Waals surface area contributed by atoms with Gasteiger partial charge in [-0.2, -0.15) is 0 Å². The van der Waals surface area contributed by atoms with E-state index >= 15 is 0 Å². The Labute approximate surface area is 117 Å². The zero-order chi connectivity index (χ0) is 13.3. The highest BCUT2D eigenvalue weighted by Crippen LogP contribution is 2.39. The van der Waals surface area contributed by atoms with Crippen molar-refractivity contribution >= 4 is 11.6 Å². The molecule has 1 aromatic rings. The van der Waals surface area contributed by atoms with Crippen LogP contribution in [0.3, 0.4) is 0 Å². The summed E-state index contributed by atoms with van der Waals surface area (Å²) in [6.45, 7) is 2.15. The van der Waals surface area contributed by atoms with Crippen molar-refractivity contribution < 1.29 is 14.6 Å². The molecule has 0 atom stereocenters. The lowest BCUT2D eigenvalue weighted by molar-refractivity contribution is 0.229. The lowest BCUT2D eigenvalue weighted by Crippen LogP contribution is -2.34. The largest absolute Gasteiger partial charge is 0.489 e. The van der Waals surface area contributed by atoms with Crippen molar-refractivity contribution in [2.24, 2.45) is 0 Å². The molecule has 0 spiro atoms. The van der Waals surface area contributed by atoms with Gasteiger partial charge in [0.15, 0.2) is 11.5 Å². The number of fused-ring (bicyclic) bond motifs is 1. The number of halogens is 1. The molecule has 1 aliphatic carbocycles. The van der Waals surface area contributed by atoms with Crippen molar-refractivity contribution in [2.45, 2.75) is 31.3 Å². The number of nitrogens with one attached hydrogen (secondary N) is 1. The first kappa shape index (κ1) is 13.0. The summed E-state index contributed by atoms with van der Waals surface area (Å²) in [4.78, 5) is 0. The highest BCUT2D eigenvalue weighted by atomic mass is 35.5. The van der Waals surface area contributed by atoms with Crippen LogP contribution in [-0.4, -0.2) is 30.5 Å². The van der Waals surface area contributed by atoms with Crippen LogP contribution in [0, 0.1) is 0 Å². The average molecular weight is 284 g/mol. The fourth-order valence-corrected chi connectivity index (χ4v) is 2.51. The molecule has 2 aliphatic rings. The number of hydrogen-bond donors (Lipinski definition) is 2. The van der Waals surface area contributed by atoms with Crippen LogP contribution in [-0.2, 0) is 6.54 Å². The molecule has 1 fully saturated rings. The molecule has 0 saturated heterocycles. The van der Waals surface area contributed by atoms with Crippen LogP contribution in [0.25, 0.3) is 0 Å². The van der Waals surface area contributed by atoms with Crippen LogP contribution < -0.4 is 14.8 Å². The predicted octanol–water partition coefficient (Wildman–Crippen LogP) is 2.12. The average Bonchev–Trinajstić information content (AvgIpc) is 3.21. The van der Waals surface area contributed by atoms with Gasteiger partial charge in [-0.25, -0.2) is 0 Å². The molecular formula is C14H18ClNO3. The molecular weight excluding hydrogens is 266 g/mol. The molecule has 3 rings (SSSR count). The van der Waals surface area contributed by atoms with E-state index in [-0.39, 0.29) is 12.1 Å². The third-order valence-corrected chi connectivity index (χ3v) is 3.97. The fraction of sp³-hybridized carbons (Fsp3) is 0.571.